The predicted molar refractivity (Wildman–Crippen MR) is 133 cm³/mol. The highest BCUT2D eigenvalue weighted by atomic mass is 16.7. The number of piperazine rings is 1. The highest BCUT2D eigenvalue weighted by molar-refractivity contribution is 5.90. The van der Waals surface area contributed by atoms with E-state index in [4.69, 9.17) is 19.4 Å². The number of hydrogen-bond acceptors (Lipinski definition) is 7. The van der Waals surface area contributed by atoms with Crippen molar-refractivity contribution in [3.8, 4) is 11.5 Å². The first-order chi connectivity index (χ1) is 16.8. The highest BCUT2D eigenvalue weighted by Crippen LogP contribution is 2.33. The summed E-state index contributed by atoms with van der Waals surface area (Å²) in [6.07, 6.45) is 0. The lowest BCUT2D eigenvalue weighted by Crippen LogP contribution is -2.46. The van der Waals surface area contributed by atoms with Gasteiger partial charge in [0, 0.05) is 44.7 Å². The van der Waals surface area contributed by atoms with Crippen LogP contribution >= 0.6 is 0 Å². The normalized spacial score (nSPS) is 15.6. The maximum Gasteiger partial charge on any atom is 0.231 e. The van der Waals surface area contributed by atoms with Gasteiger partial charge in [-0.05, 0) is 35.4 Å². The topological polar surface area (TPSA) is 62.8 Å². The van der Waals surface area contributed by atoms with E-state index in [1.54, 1.807) is 0 Å². The molecule has 2 aliphatic heterocycles. The maximum atomic E-state index is 5.53. The number of benzene rings is 3. The molecule has 0 atom stereocenters. The molecular formula is C27H27N5O2. The van der Waals surface area contributed by atoms with E-state index in [0.717, 1.165) is 73.4 Å². The van der Waals surface area contributed by atoms with Gasteiger partial charge in [0.1, 0.15) is 5.82 Å². The lowest BCUT2D eigenvalue weighted by Gasteiger charge is -2.35. The average Bonchev–Trinajstić information content (AvgIpc) is 3.36. The van der Waals surface area contributed by atoms with Gasteiger partial charge in [0.2, 0.25) is 12.7 Å². The van der Waals surface area contributed by atoms with Gasteiger partial charge < -0.3 is 19.7 Å². The fraction of sp³-hybridized carbons (Fsp3) is 0.259. The van der Waals surface area contributed by atoms with Crippen LogP contribution in [0.2, 0.25) is 0 Å². The number of aromatic nitrogens is 2. The molecule has 1 fully saturated rings. The Morgan fingerprint density at radius 1 is 0.765 bits per heavy atom. The summed E-state index contributed by atoms with van der Waals surface area (Å²) in [4.78, 5) is 14.6. The average molecular weight is 454 g/mol. The molecule has 0 radical (unpaired) electrons. The Morgan fingerprint density at radius 3 is 2.44 bits per heavy atom. The molecule has 4 aromatic rings. The predicted octanol–water partition coefficient (Wildman–Crippen LogP) is 4.29. The largest absolute Gasteiger partial charge is 0.454 e. The van der Waals surface area contributed by atoms with Gasteiger partial charge in [0.15, 0.2) is 11.5 Å². The van der Waals surface area contributed by atoms with Crippen molar-refractivity contribution >= 4 is 22.7 Å². The van der Waals surface area contributed by atoms with Crippen LogP contribution in [0.5, 0.6) is 11.5 Å². The molecule has 1 aromatic heterocycles. The number of anilines is 2. The molecular weight excluding hydrogens is 426 g/mol. The summed E-state index contributed by atoms with van der Waals surface area (Å²) in [6.45, 7) is 5.62. The lowest BCUT2D eigenvalue weighted by molar-refractivity contribution is 0.174. The zero-order valence-electron chi connectivity index (χ0n) is 19.0. The van der Waals surface area contributed by atoms with Crippen LogP contribution in [0, 0.1) is 0 Å². The second kappa shape index (κ2) is 9.19. The molecule has 1 N–H and O–H groups in total. The van der Waals surface area contributed by atoms with Crippen LogP contribution in [0.15, 0.2) is 72.8 Å². The Labute approximate surface area is 199 Å². The molecule has 3 heterocycles. The Kier molecular flexibility index (Phi) is 5.61. The number of fused-ring (bicyclic) bond motifs is 2. The van der Waals surface area contributed by atoms with Crippen molar-refractivity contribution in [1.82, 2.24) is 14.9 Å². The third kappa shape index (κ3) is 4.34. The van der Waals surface area contributed by atoms with Gasteiger partial charge in [-0.1, -0.05) is 48.5 Å². The van der Waals surface area contributed by atoms with Crippen molar-refractivity contribution in [2.75, 3.05) is 43.2 Å². The first-order valence-corrected chi connectivity index (χ1v) is 11.7. The molecule has 0 spiro atoms. The van der Waals surface area contributed by atoms with Crippen molar-refractivity contribution < 1.29 is 9.47 Å². The SMILES string of the molecule is c1ccc(CNc2nc(N3CCN(Cc4ccc5c(c4)OCO5)CC3)nc3ccccc23)cc1. The molecule has 0 unspecified atom stereocenters. The van der Waals surface area contributed by atoms with Gasteiger partial charge >= 0.3 is 0 Å². The lowest BCUT2D eigenvalue weighted by atomic mass is 10.1. The van der Waals surface area contributed by atoms with E-state index < -0.39 is 0 Å². The molecule has 0 saturated carbocycles. The minimum absolute atomic E-state index is 0.311. The number of para-hydroxylation sites is 1. The molecule has 2 aliphatic rings. The molecule has 1 saturated heterocycles. The molecule has 0 bridgehead atoms. The molecule has 7 heteroatoms. The fourth-order valence-corrected chi connectivity index (χ4v) is 4.53. The number of nitrogens with zero attached hydrogens (tertiary/aromatic N) is 4. The zero-order valence-corrected chi connectivity index (χ0v) is 19.0. The first-order valence-electron chi connectivity index (χ1n) is 11.7. The van der Waals surface area contributed by atoms with E-state index >= 15 is 0 Å². The second-order valence-corrected chi connectivity index (χ2v) is 8.68. The summed E-state index contributed by atoms with van der Waals surface area (Å²) in [6, 6.07) is 24.8. The summed E-state index contributed by atoms with van der Waals surface area (Å²) >= 11 is 0. The van der Waals surface area contributed by atoms with E-state index in [1.165, 1.54) is 11.1 Å². The third-order valence-electron chi connectivity index (χ3n) is 6.39. The Morgan fingerprint density at radius 2 is 1.56 bits per heavy atom. The third-order valence-corrected chi connectivity index (χ3v) is 6.39. The van der Waals surface area contributed by atoms with Crippen molar-refractivity contribution in [2.24, 2.45) is 0 Å². The van der Waals surface area contributed by atoms with Gasteiger partial charge in [-0.3, -0.25) is 4.90 Å². The summed E-state index contributed by atoms with van der Waals surface area (Å²) in [7, 11) is 0. The number of ether oxygens (including phenoxy) is 2. The molecule has 0 aliphatic carbocycles. The highest BCUT2D eigenvalue weighted by Gasteiger charge is 2.21. The standard InChI is InChI=1S/C27H27N5O2/c1-2-6-20(7-3-1)17-28-26-22-8-4-5-9-23(22)29-27(30-26)32-14-12-31(13-15-32)18-21-10-11-24-25(16-21)34-19-33-24/h1-11,16H,12-15,17-19H2,(H,28,29,30). The maximum absolute atomic E-state index is 5.53. The first kappa shape index (κ1) is 20.7. The van der Waals surface area contributed by atoms with Gasteiger partial charge in [0.05, 0.1) is 5.52 Å². The van der Waals surface area contributed by atoms with Crippen LogP contribution in [0.4, 0.5) is 11.8 Å². The Balaban J connectivity index is 1.15. The molecule has 0 amide bonds. The number of nitrogens with one attached hydrogen (secondary N) is 1. The Bertz CT molecular complexity index is 1290. The van der Waals surface area contributed by atoms with Crippen LogP contribution in [-0.4, -0.2) is 47.8 Å². The monoisotopic (exact) mass is 453 g/mol. The number of hydrogen-bond donors (Lipinski definition) is 1. The van der Waals surface area contributed by atoms with E-state index in [0.29, 0.717) is 6.79 Å². The van der Waals surface area contributed by atoms with Crippen molar-refractivity contribution in [3.05, 3.63) is 83.9 Å². The van der Waals surface area contributed by atoms with E-state index in [-0.39, 0.29) is 0 Å². The van der Waals surface area contributed by atoms with Crippen molar-refractivity contribution in [2.45, 2.75) is 13.1 Å². The van der Waals surface area contributed by atoms with Crippen LogP contribution < -0.4 is 19.7 Å². The minimum Gasteiger partial charge on any atom is -0.454 e. The van der Waals surface area contributed by atoms with E-state index in [9.17, 15) is 0 Å². The van der Waals surface area contributed by atoms with E-state index in [2.05, 4.69) is 63.6 Å². The summed E-state index contributed by atoms with van der Waals surface area (Å²) in [5, 5.41) is 4.58. The summed E-state index contributed by atoms with van der Waals surface area (Å²) < 4.78 is 11.0. The molecule has 172 valence electrons. The molecule has 7 nitrogen and oxygen atoms in total. The molecule has 6 rings (SSSR count). The minimum atomic E-state index is 0.311. The second-order valence-electron chi connectivity index (χ2n) is 8.68. The van der Waals surface area contributed by atoms with Gasteiger partial charge in [0.25, 0.3) is 0 Å². The van der Waals surface area contributed by atoms with Gasteiger partial charge in [-0.25, -0.2) is 4.98 Å². The van der Waals surface area contributed by atoms with Crippen LogP contribution in [0.25, 0.3) is 10.9 Å². The fourth-order valence-electron chi connectivity index (χ4n) is 4.53. The summed E-state index contributed by atoms with van der Waals surface area (Å²) in [5.74, 6) is 3.35. The van der Waals surface area contributed by atoms with Crippen molar-refractivity contribution in [1.29, 1.82) is 0 Å². The molecule has 34 heavy (non-hydrogen) atoms. The number of rotatable bonds is 6. The quantitative estimate of drug-likeness (QED) is 0.467. The van der Waals surface area contributed by atoms with Gasteiger partial charge in [-0.2, -0.15) is 4.98 Å². The van der Waals surface area contributed by atoms with Crippen LogP contribution in [0.1, 0.15) is 11.1 Å². The summed E-state index contributed by atoms with van der Waals surface area (Å²) in [5.41, 5.74) is 3.43. The zero-order chi connectivity index (χ0) is 22.7. The Hall–Kier alpha value is -3.84. The van der Waals surface area contributed by atoms with Crippen LogP contribution in [-0.2, 0) is 13.1 Å². The van der Waals surface area contributed by atoms with E-state index in [1.807, 2.05) is 24.3 Å². The molecule has 3 aromatic carbocycles. The smallest absolute Gasteiger partial charge is 0.231 e. The van der Waals surface area contributed by atoms with Gasteiger partial charge in [-0.15, -0.1) is 0 Å². The van der Waals surface area contributed by atoms with Crippen LogP contribution in [0.3, 0.4) is 0 Å². The van der Waals surface area contributed by atoms with Crippen molar-refractivity contribution in [3.63, 3.8) is 0 Å².